The van der Waals surface area contributed by atoms with E-state index in [4.69, 9.17) is 22.9 Å². The van der Waals surface area contributed by atoms with Crippen LogP contribution in [-0.4, -0.2) is 148 Å². The number of amides is 10. The number of aromatic nitrogens is 1. The molecule has 2 aliphatic heterocycles. The molecule has 0 unspecified atom stereocenters. The predicted molar refractivity (Wildman–Crippen MR) is 282 cm³/mol. The number of H-pyrrole nitrogens is 1. The zero-order valence-electron chi connectivity index (χ0n) is 41.8. The molecule has 25 heteroatoms. The molecule has 7 atom stereocenters. The van der Waals surface area contributed by atoms with Crippen LogP contribution in [0.25, 0.3) is 10.9 Å². The molecule has 0 bridgehead atoms. The smallest absolute Gasteiger partial charge is 0.248 e. The summed E-state index contributed by atoms with van der Waals surface area (Å²) >= 11 is 0.942. The van der Waals surface area contributed by atoms with Gasteiger partial charge in [-0.05, 0) is 67.5 Å². The number of carbonyl (C=O) groups excluding carboxylic acids is 10. The van der Waals surface area contributed by atoms with Crippen LogP contribution in [0, 0.1) is 0 Å². The van der Waals surface area contributed by atoms with Crippen LogP contribution in [0.4, 0.5) is 0 Å². The summed E-state index contributed by atoms with van der Waals surface area (Å²) in [6, 6.07) is 13.1. The average molecular weight is 1070 g/mol. The number of primary amides is 2. The van der Waals surface area contributed by atoms with Gasteiger partial charge in [-0.2, -0.15) is 0 Å². The van der Waals surface area contributed by atoms with Crippen molar-refractivity contribution in [1.29, 1.82) is 0 Å². The van der Waals surface area contributed by atoms with Gasteiger partial charge < -0.3 is 70.0 Å². The first-order chi connectivity index (χ1) is 36.4. The third kappa shape index (κ3) is 16.3. The van der Waals surface area contributed by atoms with Crippen molar-refractivity contribution in [1.82, 2.24) is 47.1 Å². The Morgan fingerprint density at radius 1 is 0.671 bits per heavy atom. The first-order valence-electron chi connectivity index (χ1n) is 24.6. The minimum absolute atomic E-state index is 0.0230. The Morgan fingerprint density at radius 2 is 1.32 bits per heavy atom. The number of carbonyl (C=O) groups is 10. The zero-order chi connectivity index (χ0) is 54.9. The quantitative estimate of drug-likeness (QED) is 0.0401. The van der Waals surface area contributed by atoms with Crippen LogP contribution < -0.4 is 60.2 Å². The fraction of sp³-hybridized carbons (Fsp3) is 0.392. The SMILES string of the molecule is C[C@@H]1NC(=O)CNC(=O)[C@H](CCCN=C(N)N)NC(=O)[C@H](Cc2ccc(C(N)=O)cc2)NC(=O)[C@H](Cc2ccccc2)NC(=O)CSC[C@@H](C(N)=O)NC(=O)[C@@H]2CCCN2C(=O)[C@H](Cc2c[nH]c3ccccc23)NC1=O. The Hall–Kier alpha value is -8.48. The van der Waals surface area contributed by atoms with Gasteiger partial charge in [0.25, 0.3) is 0 Å². The molecule has 2 fully saturated rings. The Morgan fingerprint density at radius 3 is 2.00 bits per heavy atom. The summed E-state index contributed by atoms with van der Waals surface area (Å²) in [5.41, 5.74) is 25.0. The summed E-state index contributed by atoms with van der Waals surface area (Å²) in [4.78, 5) is 145. The zero-order valence-corrected chi connectivity index (χ0v) is 42.6. The first kappa shape index (κ1) is 56.8. The van der Waals surface area contributed by atoms with Gasteiger partial charge in [0.05, 0.1) is 12.3 Å². The Bertz CT molecular complexity index is 2810. The molecular formula is C51H64N14O10S. The molecule has 4 aromatic rings. The van der Waals surface area contributed by atoms with Crippen molar-refractivity contribution in [2.75, 3.05) is 31.1 Å². The molecule has 24 nitrogen and oxygen atoms in total. The second kappa shape index (κ2) is 27.2. The van der Waals surface area contributed by atoms with Crippen LogP contribution in [0.5, 0.6) is 0 Å². The van der Waals surface area contributed by atoms with E-state index in [0.717, 1.165) is 22.7 Å². The molecule has 10 amide bonds. The number of nitrogens with zero attached hydrogens (tertiary/aromatic N) is 2. The molecule has 2 saturated heterocycles. The van der Waals surface area contributed by atoms with Crippen LogP contribution in [0.1, 0.15) is 59.7 Å². The molecule has 3 aromatic carbocycles. The summed E-state index contributed by atoms with van der Waals surface area (Å²) in [7, 11) is 0. The van der Waals surface area contributed by atoms with E-state index in [1.54, 1.807) is 36.5 Å². The minimum atomic E-state index is -1.42. The number of guanidine groups is 1. The Balaban J connectivity index is 1.32. The molecule has 3 heterocycles. The molecule has 76 heavy (non-hydrogen) atoms. The highest BCUT2D eigenvalue weighted by molar-refractivity contribution is 8.00. The van der Waals surface area contributed by atoms with Crippen LogP contribution in [0.15, 0.2) is 90.1 Å². The number of nitrogens with two attached hydrogens (primary N) is 4. The van der Waals surface area contributed by atoms with Crippen LogP contribution in [-0.2, 0) is 62.4 Å². The van der Waals surface area contributed by atoms with E-state index in [-0.39, 0.29) is 74.6 Å². The molecular weight excluding hydrogens is 1000 g/mol. The van der Waals surface area contributed by atoms with Crippen molar-refractivity contribution >= 4 is 87.7 Å². The van der Waals surface area contributed by atoms with Crippen molar-refractivity contribution in [3.8, 4) is 0 Å². The lowest BCUT2D eigenvalue weighted by atomic mass is 10.0. The normalized spacial score (nSPS) is 23.1. The first-order valence-corrected chi connectivity index (χ1v) is 25.8. The van der Waals surface area contributed by atoms with Crippen LogP contribution in [0.3, 0.4) is 0 Å². The van der Waals surface area contributed by atoms with E-state index in [2.05, 4.69) is 47.2 Å². The van der Waals surface area contributed by atoms with Gasteiger partial charge in [0.15, 0.2) is 5.96 Å². The molecule has 1 aromatic heterocycles. The summed E-state index contributed by atoms with van der Waals surface area (Å²) in [6.07, 6.45) is 2.19. The van der Waals surface area contributed by atoms with Crippen molar-refractivity contribution in [3.63, 3.8) is 0 Å². The van der Waals surface area contributed by atoms with E-state index < -0.39 is 108 Å². The van der Waals surface area contributed by atoms with Crippen LogP contribution >= 0.6 is 11.8 Å². The number of nitrogens with one attached hydrogen (secondary N) is 8. The maximum absolute atomic E-state index is 14.6. The topological polar surface area (TPSA) is 390 Å². The number of aromatic amines is 1. The summed E-state index contributed by atoms with van der Waals surface area (Å²) < 4.78 is 0. The molecule has 2 aliphatic rings. The van der Waals surface area contributed by atoms with Crippen LogP contribution in [0.2, 0.25) is 0 Å². The van der Waals surface area contributed by atoms with Gasteiger partial charge in [0, 0.05) is 60.8 Å². The van der Waals surface area contributed by atoms with E-state index in [1.165, 1.54) is 36.1 Å². The second-order valence-corrected chi connectivity index (χ2v) is 19.5. The fourth-order valence-electron chi connectivity index (χ4n) is 8.76. The van der Waals surface area contributed by atoms with Gasteiger partial charge in [-0.25, -0.2) is 0 Å². The van der Waals surface area contributed by atoms with E-state index >= 15 is 0 Å². The molecule has 16 N–H and O–H groups in total. The number of thioether (sulfide) groups is 1. The highest BCUT2D eigenvalue weighted by Crippen LogP contribution is 2.24. The van der Waals surface area contributed by atoms with Gasteiger partial charge in [0.2, 0.25) is 59.1 Å². The van der Waals surface area contributed by atoms with E-state index in [0.29, 0.717) is 23.1 Å². The lowest BCUT2D eigenvalue weighted by Crippen LogP contribution is -2.58. The number of hydrogen-bond acceptors (Lipinski definition) is 12. The molecule has 6 rings (SSSR count). The maximum Gasteiger partial charge on any atom is 0.248 e. The molecule has 0 radical (unpaired) electrons. The van der Waals surface area contributed by atoms with Crippen molar-refractivity contribution in [3.05, 3.63) is 107 Å². The van der Waals surface area contributed by atoms with E-state index in [9.17, 15) is 47.9 Å². The highest BCUT2D eigenvalue weighted by Gasteiger charge is 2.40. The molecule has 404 valence electrons. The second-order valence-electron chi connectivity index (χ2n) is 18.4. The monoisotopic (exact) mass is 1060 g/mol. The largest absolute Gasteiger partial charge is 0.370 e. The van der Waals surface area contributed by atoms with Crippen molar-refractivity contribution < 1.29 is 47.9 Å². The number of fused-ring (bicyclic) bond motifs is 2. The Labute approximate surface area is 441 Å². The molecule has 0 aliphatic carbocycles. The summed E-state index contributed by atoms with van der Waals surface area (Å²) in [6.45, 7) is 0.900. The van der Waals surface area contributed by atoms with Gasteiger partial charge in [-0.1, -0.05) is 60.7 Å². The van der Waals surface area contributed by atoms with Gasteiger partial charge in [-0.3, -0.25) is 52.9 Å². The lowest BCUT2D eigenvalue weighted by molar-refractivity contribution is -0.142. The maximum atomic E-state index is 14.6. The highest BCUT2D eigenvalue weighted by atomic mass is 32.2. The minimum Gasteiger partial charge on any atom is -0.370 e. The third-order valence-corrected chi connectivity index (χ3v) is 13.8. The predicted octanol–water partition coefficient (Wildman–Crippen LogP) is -2.38. The van der Waals surface area contributed by atoms with Gasteiger partial charge in [0.1, 0.15) is 42.3 Å². The molecule has 0 spiro atoms. The summed E-state index contributed by atoms with van der Waals surface area (Å²) in [5.74, 6) is -8.30. The number of aliphatic imine (C=N–C) groups is 1. The van der Waals surface area contributed by atoms with E-state index in [1.807, 2.05) is 24.3 Å². The fourth-order valence-corrected chi connectivity index (χ4v) is 9.63. The number of rotatable bonds is 12. The average Bonchev–Trinajstić information content (AvgIpc) is 4.06. The number of hydrogen-bond donors (Lipinski definition) is 12. The standard InChI is InChI=1S/C51H64N14O10S/c1-28-45(70)63-38(23-32-24-57-34-12-6-5-11-33(32)34)50(75)65-20-8-14-40(65)49(74)64-39(44(53)69)26-76-27-42(67)60-36(21-29-9-3-2-4-10-29)47(72)62-37(22-30-15-17-31(18-16-30)43(52)68)48(73)61-35(13-7-19-56-51(54)55)46(71)58-25-41(66)59-28/h2-6,9-12,15-18,24,28,35-40,57H,7-8,13-14,19-23,25-27H2,1H3,(H2,52,68)(H2,53,69)(H,58,71)(H,59,66)(H,60,67)(H,61,73)(H,62,72)(H,63,70)(H,64,74)(H4,54,55,56)/t28-,35-,36-,37-,38-,39-,40-/m0/s1. The molecule has 0 saturated carbocycles. The number of para-hydroxylation sites is 1. The van der Waals surface area contributed by atoms with Crippen molar-refractivity contribution in [2.24, 2.45) is 27.9 Å². The van der Waals surface area contributed by atoms with Crippen molar-refractivity contribution in [2.45, 2.75) is 94.2 Å². The number of benzene rings is 3. The lowest BCUT2D eigenvalue weighted by Gasteiger charge is -2.30. The summed E-state index contributed by atoms with van der Waals surface area (Å²) in [5, 5.41) is 19.3. The Kier molecular flexibility index (Phi) is 20.3. The van der Waals surface area contributed by atoms with Gasteiger partial charge in [-0.15, -0.1) is 11.8 Å². The van der Waals surface area contributed by atoms with Gasteiger partial charge >= 0.3 is 0 Å². The third-order valence-electron chi connectivity index (χ3n) is 12.7.